The first-order chi connectivity index (χ1) is 10.5. The van der Waals surface area contributed by atoms with Crippen molar-refractivity contribution in [1.29, 1.82) is 0 Å². The van der Waals surface area contributed by atoms with E-state index in [4.69, 9.17) is 5.11 Å². The van der Waals surface area contributed by atoms with Crippen molar-refractivity contribution in [3.63, 3.8) is 0 Å². The van der Waals surface area contributed by atoms with Crippen LogP contribution in [0.5, 0.6) is 0 Å². The van der Waals surface area contributed by atoms with Gasteiger partial charge in [-0.3, -0.25) is 0 Å². The lowest BCUT2D eigenvalue weighted by Gasteiger charge is -2.17. The van der Waals surface area contributed by atoms with E-state index in [-0.39, 0.29) is 11.6 Å². The summed E-state index contributed by atoms with van der Waals surface area (Å²) in [6, 6.07) is 6.24. The van der Waals surface area contributed by atoms with Gasteiger partial charge in [-0.25, -0.2) is 14.6 Å². The number of aromatic nitrogens is 1. The third kappa shape index (κ3) is 4.05. The van der Waals surface area contributed by atoms with Crippen molar-refractivity contribution in [3.8, 4) is 0 Å². The molecule has 0 spiro atoms. The molecule has 0 unspecified atom stereocenters. The predicted molar refractivity (Wildman–Crippen MR) is 84.0 cm³/mol. The Kier molecular flexibility index (Phi) is 5.11. The number of thiazole rings is 1. The van der Waals surface area contributed by atoms with E-state index < -0.39 is 5.97 Å². The Hall–Kier alpha value is -2.41. The summed E-state index contributed by atoms with van der Waals surface area (Å²) in [5.41, 5.74) is 3.78. The van der Waals surface area contributed by atoms with E-state index in [0.29, 0.717) is 13.1 Å². The average molecular weight is 319 g/mol. The molecule has 7 heteroatoms. The fourth-order valence-electron chi connectivity index (χ4n) is 1.84. The SMILES string of the molecule is Cc1ncsc1CN(C)C(=O)NCc1ccc(C(=O)O)cc1. The molecule has 0 saturated heterocycles. The van der Waals surface area contributed by atoms with E-state index >= 15 is 0 Å². The molecule has 0 atom stereocenters. The summed E-state index contributed by atoms with van der Waals surface area (Å²) in [5.74, 6) is -0.963. The molecule has 0 fully saturated rings. The van der Waals surface area contributed by atoms with Gasteiger partial charge in [0, 0.05) is 18.5 Å². The fourth-order valence-corrected chi connectivity index (χ4v) is 2.67. The third-order valence-electron chi connectivity index (χ3n) is 3.22. The second kappa shape index (κ2) is 7.04. The van der Waals surface area contributed by atoms with E-state index in [1.807, 2.05) is 6.92 Å². The molecule has 0 aliphatic heterocycles. The minimum atomic E-state index is -0.963. The monoisotopic (exact) mass is 319 g/mol. The number of urea groups is 1. The van der Waals surface area contributed by atoms with Crippen LogP contribution in [0, 0.1) is 6.92 Å². The van der Waals surface area contributed by atoms with Gasteiger partial charge >= 0.3 is 12.0 Å². The molecule has 0 saturated carbocycles. The topological polar surface area (TPSA) is 82.5 Å². The zero-order chi connectivity index (χ0) is 16.1. The first-order valence-electron chi connectivity index (χ1n) is 6.67. The van der Waals surface area contributed by atoms with Crippen LogP contribution in [0.25, 0.3) is 0 Å². The van der Waals surface area contributed by atoms with Crippen LogP contribution in [0.4, 0.5) is 4.79 Å². The highest BCUT2D eigenvalue weighted by Crippen LogP contribution is 2.14. The lowest BCUT2D eigenvalue weighted by atomic mass is 10.1. The summed E-state index contributed by atoms with van der Waals surface area (Å²) in [4.78, 5) is 29.6. The van der Waals surface area contributed by atoms with Crippen LogP contribution < -0.4 is 5.32 Å². The van der Waals surface area contributed by atoms with Gasteiger partial charge in [0.25, 0.3) is 0 Å². The highest BCUT2D eigenvalue weighted by Gasteiger charge is 2.11. The van der Waals surface area contributed by atoms with Gasteiger partial charge in [0.2, 0.25) is 0 Å². The van der Waals surface area contributed by atoms with Crippen LogP contribution in [0.1, 0.15) is 26.5 Å². The number of nitrogens with zero attached hydrogens (tertiary/aromatic N) is 2. The number of hydrogen-bond acceptors (Lipinski definition) is 4. The number of amides is 2. The number of carboxylic acids is 1. The standard InChI is InChI=1S/C15H17N3O3S/c1-10-13(22-9-17-10)8-18(2)15(21)16-7-11-3-5-12(6-4-11)14(19)20/h3-6,9H,7-8H2,1-2H3,(H,16,21)(H,19,20). The molecule has 0 bridgehead atoms. The smallest absolute Gasteiger partial charge is 0.335 e. The van der Waals surface area contributed by atoms with E-state index in [2.05, 4.69) is 10.3 Å². The van der Waals surface area contributed by atoms with Crippen molar-refractivity contribution in [1.82, 2.24) is 15.2 Å². The molecule has 2 rings (SSSR count). The lowest BCUT2D eigenvalue weighted by molar-refractivity contribution is 0.0697. The molecule has 1 aromatic carbocycles. The summed E-state index contributed by atoms with van der Waals surface area (Å²) < 4.78 is 0. The average Bonchev–Trinajstić information content (AvgIpc) is 2.90. The molecule has 116 valence electrons. The van der Waals surface area contributed by atoms with Crippen LogP contribution in [-0.2, 0) is 13.1 Å². The summed E-state index contributed by atoms with van der Waals surface area (Å²) in [6.07, 6.45) is 0. The summed E-state index contributed by atoms with van der Waals surface area (Å²) in [6.45, 7) is 2.78. The van der Waals surface area contributed by atoms with E-state index in [9.17, 15) is 9.59 Å². The minimum absolute atomic E-state index is 0.185. The van der Waals surface area contributed by atoms with Crippen LogP contribution in [-0.4, -0.2) is 34.0 Å². The molecule has 2 N–H and O–H groups in total. The maximum atomic E-state index is 12.0. The van der Waals surface area contributed by atoms with Gasteiger partial charge < -0.3 is 15.3 Å². The number of aromatic carboxylic acids is 1. The van der Waals surface area contributed by atoms with Crippen LogP contribution >= 0.6 is 11.3 Å². The molecule has 0 aliphatic rings. The maximum Gasteiger partial charge on any atom is 0.335 e. The summed E-state index contributed by atoms with van der Waals surface area (Å²) >= 11 is 1.53. The number of aryl methyl sites for hydroxylation is 1. The number of benzene rings is 1. The second-order valence-electron chi connectivity index (χ2n) is 4.88. The van der Waals surface area contributed by atoms with Gasteiger partial charge in [0.15, 0.2) is 0 Å². The number of nitrogens with one attached hydrogen (secondary N) is 1. The Bertz CT molecular complexity index is 667. The lowest BCUT2D eigenvalue weighted by Crippen LogP contribution is -2.36. The first kappa shape index (κ1) is 16.0. The third-order valence-corrected chi connectivity index (χ3v) is 4.14. The molecule has 6 nitrogen and oxygen atoms in total. The number of carboxylic acid groups (broad SMARTS) is 1. The Labute approximate surface area is 132 Å². The van der Waals surface area contributed by atoms with Crippen LogP contribution in [0.3, 0.4) is 0 Å². The molecular weight excluding hydrogens is 302 g/mol. The number of hydrogen-bond donors (Lipinski definition) is 2. The molecular formula is C15H17N3O3S. The van der Waals surface area contributed by atoms with Gasteiger partial charge in [-0.05, 0) is 24.6 Å². The van der Waals surface area contributed by atoms with Crippen molar-refractivity contribution >= 4 is 23.3 Å². The van der Waals surface area contributed by atoms with Crippen LogP contribution in [0.2, 0.25) is 0 Å². The quantitative estimate of drug-likeness (QED) is 0.887. The van der Waals surface area contributed by atoms with Crippen molar-refractivity contribution in [2.75, 3.05) is 7.05 Å². The van der Waals surface area contributed by atoms with Crippen molar-refractivity contribution in [2.45, 2.75) is 20.0 Å². The molecule has 1 heterocycles. The highest BCUT2D eigenvalue weighted by atomic mass is 32.1. The summed E-state index contributed by atoms with van der Waals surface area (Å²) in [7, 11) is 1.72. The fraction of sp³-hybridized carbons (Fsp3) is 0.267. The largest absolute Gasteiger partial charge is 0.478 e. The van der Waals surface area contributed by atoms with Gasteiger partial charge in [-0.2, -0.15) is 0 Å². The molecule has 0 aliphatic carbocycles. The molecule has 0 radical (unpaired) electrons. The zero-order valence-electron chi connectivity index (χ0n) is 12.4. The Morgan fingerprint density at radius 3 is 2.55 bits per heavy atom. The maximum absolute atomic E-state index is 12.0. The number of carbonyl (C=O) groups is 2. The summed E-state index contributed by atoms with van der Waals surface area (Å²) in [5, 5.41) is 11.6. The Balaban J connectivity index is 1.86. The van der Waals surface area contributed by atoms with Crippen molar-refractivity contribution in [3.05, 3.63) is 51.5 Å². The van der Waals surface area contributed by atoms with Gasteiger partial charge in [0.1, 0.15) is 0 Å². The predicted octanol–water partition coefficient (Wildman–Crippen LogP) is 2.49. The molecule has 2 amide bonds. The van der Waals surface area contributed by atoms with Crippen molar-refractivity contribution in [2.24, 2.45) is 0 Å². The number of carbonyl (C=O) groups excluding carboxylic acids is 1. The molecule has 22 heavy (non-hydrogen) atoms. The normalized spacial score (nSPS) is 10.3. The van der Waals surface area contributed by atoms with E-state index in [1.165, 1.54) is 23.5 Å². The van der Waals surface area contributed by atoms with Gasteiger partial charge in [-0.1, -0.05) is 12.1 Å². The van der Waals surface area contributed by atoms with Crippen molar-refractivity contribution < 1.29 is 14.7 Å². The second-order valence-corrected chi connectivity index (χ2v) is 5.82. The van der Waals surface area contributed by atoms with Crippen LogP contribution in [0.15, 0.2) is 29.8 Å². The van der Waals surface area contributed by atoms with Gasteiger partial charge in [0.05, 0.1) is 23.3 Å². The highest BCUT2D eigenvalue weighted by molar-refractivity contribution is 7.09. The van der Waals surface area contributed by atoms with E-state index in [1.54, 1.807) is 29.6 Å². The minimum Gasteiger partial charge on any atom is -0.478 e. The Morgan fingerprint density at radius 2 is 2.00 bits per heavy atom. The number of rotatable bonds is 5. The molecule has 1 aromatic heterocycles. The van der Waals surface area contributed by atoms with Gasteiger partial charge in [-0.15, -0.1) is 11.3 Å². The van der Waals surface area contributed by atoms with E-state index in [0.717, 1.165) is 16.1 Å². The Morgan fingerprint density at radius 1 is 1.32 bits per heavy atom. The zero-order valence-corrected chi connectivity index (χ0v) is 13.2. The molecule has 2 aromatic rings. The first-order valence-corrected chi connectivity index (χ1v) is 7.55.